The van der Waals surface area contributed by atoms with Crippen LogP contribution in [-0.4, -0.2) is 45.2 Å². The number of nitrogens with one attached hydrogen (secondary N) is 2. The summed E-state index contributed by atoms with van der Waals surface area (Å²) in [6.07, 6.45) is 0. The van der Waals surface area contributed by atoms with Crippen LogP contribution in [0.1, 0.15) is 21.5 Å². The Balaban J connectivity index is 2.15. The molecule has 0 heterocycles. The van der Waals surface area contributed by atoms with Crippen molar-refractivity contribution in [3.63, 3.8) is 0 Å². The minimum Gasteiger partial charge on any atom is -0.467 e. The fourth-order valence-electron chi connectivity index (χ4n) is 2.46. The number of esters is 1. The van der Waals surface area contributed by atoms with Crippen LogP contribution in [0.5, 0.6) is 0 Å². The number of aliphatic hydroxyl groups excluding tert-OH is 1. The highest BCUT2D eigenvalue weighted by atomic mass is 32.2. The highest BCUT2D eigenvalue weighted by Crippen LogP contribution is 2.21. The SMILES string of the molecule is COC(=O)[C@@H](CO)NC(=O)c1ccc(NS(=O)(=O)c2cc(C)ccc2C)cc1. The van der Waals surface area contributed by atoms with E-state index in [1.165, 1.54) is 24.3 Å². The number of rotatable bonds is 7. The Morgan fingerprint density at radius 3 is 2.32 bits per heavy atom. The molecule has 150 valence electrons. The normalized spacial score (nSPS) is 12.1. The molecule has 8 nitrogen and oxygen atoms in total. The molecule has 1 atom stereocenters. The molecule has 2 rings (SSSR count). The summed E-state index contributed by atoms with van der Waals surface area (Å²) >= 11 is 0. The topological polar surface area (TPSA) is 122 Å². The molecule has 1 amide bonds. The fourth-order valence-corrected chi connectivity index (χ4v) is 3.85. The second-order valence-electron chi connectivity index (χ2n) is 6.18. The molecular weight excluding hydrogens is 384 g/mol. The van der Waals surface area contributed by atoms with Crippen molar-refractivity contribution in [2.24, 2.45) is 0 Å². The smallest absolute Gasteiger partial charge is 0.330 e. The van der Waals surface area contributed by atoms with Crippen LogP contribution in [0.3, 0.4) is 0 Å². The second-order valence-corrected chi connectivity index (χ2v) is 7.83. The van der Waals surface area contributed by atoms with Crippen LogP contribution in [0.15, 0.2) is 47.4 Å². The van der Waals surface area contributed by atoms with Crippen LogP contribution in [0, 0.1) is 13.8 Å². The summed E-state index contributed by atoms with van der Waals surface area (Å²) in [5, 5.41) is 11.5. The molecule has 0 fully saturated rings. The Morgan fingerprint density at radius 1 is 1.11 bits per heavy atom. The van der Waals surface area contributed by atoms with E-state index in [9.17, 15) is 18.0 Å². The number of hydrogen-bond acceptors (Lipinski definition) is 6. The van der Waals surface area contributed by atoms with Gasteiger partial charge in [0.05, 0.1) is 18.6 Å². The van der Waals surface area contributed by atoms with Gasteiger partial charge in [-0.15, -0.1) is 0 Å². The van der Waals surface area contributed by atoms with Crippen LogP contribution in [0.25, 0.3) is 0 Å². The molecule has 0 aromatic heterocycles. The average molecular weight is 406 g/mol. The van der Waals surface area contributed by atoms with Gasteiger partial charge in [0, 0.05) is 11.3 Å². The quantitative estimate of drug-likeness (QED) is 0.597. The number of aryl methyl sites for hydroxylation is 2. The molecule has 0 bridgehead atoms. The Hall–Kier alpha value is -2.91. The van der Waals surface area contributed by atoms with Gasteiger partial charge >= 0.3 is 5.97 Å². The largest absolute Gasteiger partial charge is 0.467 e. The zero-order chi connectivity index (χ0) is 20.9. The van der Waals surface area contributed by atoms with E-state index in [4.69, 9.17) is 5.11 Å². The van der Waals surface area contributed by atoms with Crippen molar-refractivity contribution in [3.8, 4) is 0 Å². The third-order valence-corrected chi connectivity index (χ3v) is 5.53. The van der Waals surface area contributed by atoms with Gasteiger partial charge in [-0.05, 0) is 55.3 Å². The number of ether oxygens (including phenoxy) is 1. The summed E-state index contributed by atoms with van der Waals surface area (Å²) in [6.45, 7) is 2.91. The van der Waals surface area contributed by atoms with Gasteiger partial charge in [0.1, 0.15) is 0 Å². The minimum atomic E-state index is -3.78. The number of aliphatic hydroxyl groups is 1. The molecule has 3 N–H and O–H groups in total. The van der Waals surface area contributed by atoms with E-state index in [-0.39, 0.29) is 16.1 Å². The molecule has 0 saturated heterocycles. The molecule has 9 heteroatoms. The van der Waals surface area contributed by atoms with Crippen molar-refractivity contribution in [3.05, 3.63) is 59.2 Å². The van der Waals surface area contributed by atoms with Crippen LogP contribution in [-0.2, 0) is 19.6 Å². The lowest BCUT2D eigenvalue weighted by Gasteiger charge is -2.14. The molecular formula is C19H22N2O6S. The van der Waals surface area contributed by atoms with Crippen molar-refractivity contribution < 1.29 is 27.9 Å². The van der Waals surface area contributed by atoms with Crippen molar-refractivity contribution >= 4 is 27.6 Å². The van der Waals surface area contributed by atoms with E-state index < -0.39 is 34.5 Å². The second kappa shape index (κ2) is 8.85. The number of anilines is 1. The van der Waals surface area contributed by atoms with E-state index in [2.05, 4.69) is 14.8 Å². The van der Waals surface area contributed by atoms with E-state index in [1.807, 2.05) is 6.07 Å². The maximum absolute atomic E-state index is 12.6. The summed E-state index contributed by atoms with van der Waals surface area (Å²) < 4.78 is 32.2. The number of carbonyl (C=O) groups excluding carboxylic acids is 2. The van der Waals surface area contributed by atoms with Gasteiger partial charge in [-0.3, -0.25) is 9.52 Å². The molecule has 2 aromatic carbocycles. The number of carbonyl (C=O) groups is 2. The maximum Gasteiger partial charge on any atom is 0.330 e. The fraction of sp³-hybridized carbons (Fsp3) is 0.263. The first-order chi connectivity index (χ1) is 13.2. The van der Waals surface area contributed by atoms with E-state index in [0.29, 0.717) is 5.56 Å². The van der Waals surface area contributed by atoms with Gasteiger partial charge in [-0.25, -0.2) is 13.2 Å². The Bertz CT molecular complexity index is 970. The third-order valence-electron chi connectivity index (χ3n) is 4.01. The monoisotopic (exact) mass is 406 g/mol. The van der Waals surface area contributed by atoms with E-state index >= 15 is 0 Å². The third kappa shape index (κ3) is 5.08. The summed E-state index contributed by atoms with van der Waals surface area (Å²) in [7, 11) is -2.64. The minimum absolute atomic E-state index is 0.179. The van der Waals surface area contributed by atoms with Crippen molar-refractivity contribution in [1.29, 1.82) is 0 Å². The number of benzene rings is 2. The summed E-state index contributed by atoms with van der Waals surface area (Å²) in [6, 6.07) is 9.64. The number of amides is 1. The van der Waals surface area contributed by atoms with E-state index in [0.717, 1.165) is 12.7 Å². The van der Waals surface area contributed by atoms with Gasteiger partial charge in [0.25, 0.3) is 15.9 Å². The van der Waals surface area contributed by atoms with Gasteiger partial charge in [0.15, 0.2) is 6.04 Å². The maximum atomic E-state index is 12.6. The average Bonchev–Trinajstić information content (AvgIpc) is 2.67. The molecule has 0 spiro atoms. The highest BCUT2D eigenvalue weighted by molar-refractivity contribution is 7.92. The standard InChI is InChI=1S/C19H22N2O6S/c1-12-4-5-13(2)17(10-12)28(25,26)21-15-8-6-14(7-9-15)18(23)20-16(11-22)19(24)27-3/h4-10,16,21-22H,11H2,1-3H3,(H,20,23)/t16-/m1/s1. The van der Waals surface area contributed by atoms with Gasteiger partial charge < -0.3 is 15.2 Å². The molecule has 28 heavy (non-hydrogen) atoms. The first-order valence-electron chi connectivity index (χ1n) is 8.37. The van der Waals surface area contributed by atoms with Crippen LogP contribution >= 0.6 is 0 Å². The van der Waals surface area contributed by atoms with Crippen LogP contribution in [0.4, 0.5) is 5.69 Å². The number of methoxy groups -OCH3 is 1. The lowest BCUT2D eigenvalue weighted by Crippen LogP contribution is -2.44. The zero-order valence-corrected chi connectivity index (χ0v) is 16.5. The number of hydrogen-bond donors (Lipinski definition) is 3. The van der Waals surface area contributed by atoms with Crippen molar-refractivity contribution in [1.82, 2.24) is 5.32 Å². The molecule has 0 saturated carbocycles. The van der Waals surface area contributed by atoms with Gasteiger partial charge in [-0.1, -0.05) is 12.1 Å². The summed E-state index contributed by atoms with van der Waals surface area (Å²) in [5.74, 6) is -1.37. The van der Waals surface area contributed by atoms with Crippen LogP contribution in [0.2, 0.25) is 0 Å². The molecule has 0 aliphatic heterocycles. The molecule has 0 unspecified atom stereocenters. The summed E-state index contributed by atoms with van der Waals surface area (Å²) in [4.78, 5) is 23.8. The molecule has 0 radical (unpaired) electrons. The lowest BCUT2D eigenvalue weighted by molar-refractivity contribution is -0.143. The first kappa shape index (κ1) is 21.4. The molecule has 0 aliphatic carbocycles. The zero-order valence-electron chi connectivity index (χ0n) is 15.7. The van der Waals surface area contributed by atoms with Crippen LogP contribution < -0.4 is 10.0 Å². The Kier molecular flexibility index (Phi) is 6.76. The Morgan fingerprint density at radius 2 is 1.75 bits per heavy atom. The predicted octanol–water partition coefficient (Wildman–Crippen LogP) is 1.37. The first-order valence-corrected chi connectivity index (χ1v) is 9.86. The molecule has 2 aromatic rings. The molecule has 0 aliphatic rings. The predicted molar refractivity (Wildman–Crippen MR) is 104 cm³/mol. The lowest BCUT2D eigenvalue weighted by atomic mass is 10.2. The van der Waals surface area contributed by atoms with Gasteiger partial charge in [0.2, 0.25) is 0 Å². The highest BCUT2D eigenvalue weighted by Gasteiger charge is 2.21. The van der Waals surface area contributed by atoms with Gasteiger partial charge in [-0.2, -0.15) is 0 Å². The van der Waals surface area contributed by atoms with E-state index in [1.54, 1.807) is 26.0 Å². The van der Waals surface area contributed by atoms with Crippen molar-refractivity contribution in [2.75, 3.05) is 18.4 Å². The number of sulfonamides is 1. The Labute approximate surface area is 163 Å². The van der Waals surface area contributed by atoms with Crippen molar-refractivity contribution in [2.45, 2.75) is 24.8 Å². The summed E-state index contributed by atoms with van der Waals surface area (Å²) in [5.41, 5.74) is 1.91.